The maximum absolute atomic E-state index is 13.1. The lowest BCUT2D eigenvalue weighted by atomic mass is 10.0. The van der Waals surface area contributed by atoms with Crippen LogP contribution in [0.3, 0.4) is 0 Å². The van der Waals surface area contributed by atoms with Crippen molar-refractivity contribution in [2.75, 3.05) is 12.3 Å². The number of aromatic amines is 1. The number of H-pyrrole nitrogens is 1. The third kappa shape index (κ3) is 5.54. The van der Waals surface area contributed by atoms with Crippen molar-refractivity contribution in [2.45, 2.75) is 65.8 Å². The van der Waals surface area contributed by atoms with E-state index >= 15 is 0 Å². The lowest BCUT2D eigenvalue weighted by Gasteiger charge is -2.30. The minimum atomic E-state index is -0.216. The van der Waals surface area contributed by atoms with Crippen molar-refractivity contribution in [3.05, 3.63) is 53.6 Å². The topological polar surface area (TPSA) is 165 Å². The van der Waals surface area contributed by atoms with Crippen LogP contribution in [0.4, 0.5) is 5.82 Å². The molecular formula is C27H33N9O3. The van der Waals surface area contributed by atoms with Crippen LogP contribution < -0.4 is 5.73 Å². The SMILES string of the molecule is CCCN(C(=O)c1nnc[nH]1)[C@H](CC)CCc1nc2c(-c3ccc(C(=O)CC)nc3)cnn2c(N)c1C(C)=O. The Hall–Kier alpha value is -4.48. The third-order valence-corrected chi connectivity index (χ3v) is 6.76. The molecule has 12 heteroatoms. The molecule has 204 valence electrons. The van der Waals surface area contributed by atoms with Crippen molar-refractivity contribution in [1.29, 1.82) is 0 Å². The quantitative estimate of drug-likeness (QED) is 0.260. The molecule has 0 bridgehead atoms. The van der Waals surface area contributed by atoms with E-state index in [1.54, 1.807) is 36.4 Å². The summed E-state index contributed by atoms with van der Waals surface area (Å²) in [5.74, 6) is -0.0720. The number of ketones is 2. The second-order valence-electron chi connectivity index (χ2n) is 9.31. The van der Waals surface area contributed by atoms with Gasteiger partial charge in [0, 0.05) is 36.3 Å². The van der Waals surface area contributed by atoms with Crippen LogP contribution in [0.2, 0.25) is 0 Å². The summed E-state index contributed by atoms with van der Waals surface area (Å²) in [7, 11) is 0. The number of nitrogen functional groups attached to an aromatic ring is 1. The first-order valence-electron chi connectivity index (χ1n) is 13.1. The van der Waals surface area contributed by atoms with Crippen molar-refractivity contribution < 1.29 is 14.4 Å². The molecule has 0 aliphatic rings. The fraction of sp³-hybridized carbons (Fsp3) is 0.407. The van der Waals surface area contributed by atoms with Gasteiger partial charge >= 0.3 is 0 Å². The Morgan fingerprint density at radius 2 is 1.95 bits per heavy atom. The van der Waals surface area contributed by atoms with Gasteiger partial charge in [-0.15, -0.1) is 10.2 Å². The normalized spacial score (nSPS) is 12.0. The van der Waals surface area contributed by atoms with Crippen LogP contribution in [0.15, 0.2) is 30.9 Å². The molecule has 12 nitrogen and oxygen atoms in total. The van der Waals surface area contributed by atoms with E-state index in [9.17, 15) is 14.4 Å². The molecule has 4 aromatic heterocycles. The summed E-state index contributed by atoms with van der Waals surface area (Å²) in [5, 5.41) is 12.0. The number of anilines is 1. The van der Waals surface area contributed by atoms with Gasteiger partial charge in [0.15, 0.2) is 17.2 Å². The van der Waals surface area contributed by atoms with Crippen molar-refractivity contribution in [3.63, 3.8) is 0 Å². The number of carbonyl (C=O) groups is 3. The highest BCUT2D eigenvalue weighted by atomic mass is 16.2. The molecule has 0 fully saturated rings. The van der Waals surface area contributed by atoms with E-state index in [2.05, 4.69) is 25.3 Å². The Balaban J connectivity index is 1.69. The van der Waals surface area contributed by atoms with Gasteiger partial charge < -0.3 is 15.6 Å². The number of nitrogens with zero attached hydrogens (tertiary/aromatic N) is 7. The van der Waals surface area contributed by atoms with Gasteiger partial charge in [-0.3, -0.25) is 19.4 Å². The van der Waals surface area contributed by atoms with Gasteiger partial charge in [0.25, 0.3) is 5.91 Å². The Bertz CT molecular complexity index is 1480. The second-order valence-corrected chi connectivity index (χ2v) is 9.31. The number of nitrogens with one attached hydrogen (secondary N) is 1. The minimum Gasteiger partial charge on any atom is -0.383 e. The molecule has 39 heavy (non-hydrogen) atoms. The van der Waals surface area contributed by atoms with Crippen LogP contribution in [-0.2, 0) is 6.42 Å². The average molecular weight is 532 g/mol. The Morgan fingerprint density at radius 3 is 2.54 bits per heavy atom. The van der Waals surface area contributed by atoms with Gasteiger partial charge in [-0.05, 0) is 38.7 Å². The molecule has 1 amide bonds. The molecule has 0 aliphatic heterocycles. The lowest BCUT2D eigenvalue weighted by molar-refractivity contribution is 0.0650. The molecular weight excluding hydrogens is 498 g/mol. The molecule has 4 rings (SSSR count). The second kappa shape index (κ2) is 11.9. The molecule has 1 atom stereocenters. The van der Waals surface area contributed by atoms with Gasteiger partial charge in [-0.1, -0.05) is 26.8 Å². The fourth-order valence-corrected chi connectivity index (χ4v) is 4.75. The fourth-order valence-electron chi connectivity index (χ4n) is 4.75. The first-order valence-corrected chi connectivity index (χ1v) is 13.1. The summed E-state index contributed by atoms with van der Waals surface area (Å²) >= 11 is 0. The van der Waals surface area contributed by atoms with Gasteiger partial charge in [0.05, 0.1) is 17.5 Å². The summed E-state index contributed by atoms with van der Waals surface area (Å²) in [6, 6.07) is 3.37. The molecule has 0 saturated heterocycles. The summed E-state index contributed by atoms with van der Waals surface area (Å²) < 4.78 is 1.45. The monoisotopic (exact) mass is 531 g/mol. The number of rotatable bonds is 12. The highest BCUT2D eigenvalue weighted by Gasteiger charge is 2.27. The highest BCUT2D eigenvalue weighted by Crippen LogP contribution is 2.28. The number of hydrogen-bond acceptors (Lipinski definition) is 9. The lowest BCUT2D eigenvalue weighted by Crippen LogP contribution is -2.41. The van der Waals surface area contributed by atoms with Crippen molar-refractivity contribution in [2.24, 2.45) is 0 Å². The average Bonchev–Trinajstić information content (AvgIpc) is 3.63. The molecule has 4 aromatic rings. The summed E-state index contributed by atoms with van der Waals surface area (Å²) in [5.41, 5.74) is 9.60. The van der Waals surface area contributed by atoms with E-state index in [-0.39, 0.29) is 35.2 Å². The van der Waals surface area contributed by atoms with Gasteiger partial charge in [0.1, 0.15) is 17.8 Å². The van der Waals surface area contributed by atoms with Crippen LogP contribution in [-0.4, -0.2) is 69.7 Å². The zero-order valence-electron chi connectivity index (χ0n) is 22.6. The van der Waals surface area contributed by atoms with Gasteiger partial charge in [0.2, 0.25) is 5.82 Å². The molecule has 4 heterocycles. The Kier molecular flexibility index (Phi) is 8.43. The van der Waals surface area contributed by atoms with Crippen LogP contribution in [0.5, 0.6) is 0 Å². The minimum absolute atomic E-state index is 0.0402. The molecule has 0 radical (unpaired) electrons. The van der Waals surface area contributed by atoms with E-state index < -0.39 is 0 Å². The van der Waals surface area contributed by atoms with Gasteiger partial charge in [-0.2, -0.15) is 9.61 Å². The number of aromatic nitrogens is 7. The highest BCUT2D eigenvalue weighted by molar-refractivity contribution is 6.00. The molecule has 0 unspecified atom stereocenters. The van der Waals surface area contributed by atoms with E-state index in [1.807, 2.05) is 13.8 Å². The maximum atomic E-state index is 13.1. The van der Waals surface area contributed by atoms with Crippen molar-refractivity contribution >= 4 is 28.9 Å². The first kappa shape index (κ1) is 27.6. The molecule has 0 saturated carbocycles. The van der Waals surface area contributed by atoms with E-state index in [0.29, 0.717) is 60.4 Å². The zero-order valence-corrected chi connectivity index (χ0v) is 22.6. The van der Waals surface area contributed by atoms with Crippen LogP contribution in [0, 0.1) is 0 Å². The van der Waals surface area contributed by atoms with Crippen LogP contribution in [0.1, 0.15) is 90.5 Å². The Morgan fingerprint density at radius 1 is 1.15 bits per heavy atom. The number of nitrogens with two attached hydrogens (primary N) is 1. The van der Waals surface area contributed by atoms with Crippen LogP contribution in [0.25, 0.3) is 16.8 Å². The molecule has 0 aliphatic carbocycles. The van der Waals surface area contributed by atoms with Crippen LogP contribution >= 0.6 is 0 Å². The number of aryl methyl sites for hydroxylation is 1. The smallest absolute Gasteiger partial charge is 0.291 e. The predicted molar refractivity (Wildman–Crippen MR) is 145 cm³/mol. The number of hydrogen-bond donors (Lipinski definition) is 2. The summed E-state index contributed by atoms with van der Waals surface area (Å²) in [6.07, 6.45) is 7.47. The number of amides is 1. The summed E-state index contributed by atoms with van der Waals surface area (Å²) in [6.45, 7) is 7.83. The van der Waals surface area contributed by atoms with E-state index in [1.165, 1.54) is 17.8 Å². The predicted octanol–water partition coefficient (Wildman–Crippen LogP) is 3.55. The summed E-state index contributed by atoms with van der Waals surface area (Å²) in [4.78, 5) is 51.5. The van der Waals surface area contributed by atoms with Crippen molar-refractivity contribution in [1.82, 2.24) is 39.7 Å². The Labute approximate surface area is 226 Å². The number of pyridine rings is 1. The molecule has 3 N–H and O–H groups in total. The van der Waals surface area contributed by atoms with Crippen molar-refractivity contribution in [3.8, 4) is 11.1 Å². The van der Waals surface area contributed by atoms with E-state index in [4.69, 9.17) is 10.7 Å². The zero-order chi connectivity index (χ0) is 28.1. The number of fused-ring (bicyclic) bond motifs is 1. The van der Waals surface area contributed by atoms with E-state index in [0.717, 1.165) is 12.0 Å². The third-order valence-electron chi connectivity index (χ3n) is 6.76. The number of carbonyl (C=O) groups excluding carboxylic acids is 3. The standard InChI is InChI=1S/C27H33N9O3/c1-5-12-35(27(39)25-30-15-31-34-25)18(6-2)9-11-21-23(16(4)37)24(28)36-26(33-21)19(14-32-36)17-8-10-20(29-13-17)22(38)7-3/h8,10,13-15,18H,5-7,9,11-12,28H2,1-4H3,(H,30,31,34)/t18-/m1/s1. The molecule has 0 aromatic carbocycles. The largest absolute Gasteiger partial charge is 0.383 e. The number of Topliss-reactive ketones (excluding diaryl/α,β-unsaturated/α-hetero) is 2. The van der Waals surface area contributed by atoms with Gasteiger partial charge in [-0.25, -0.2) is 4.98 Å². The first-order chi connectivity index (χ1) is 18.8. The maximum Gasteiger partial charge on any atom is 0.291 e. The molecule has 0 spiro atoms.